The average molecular weight is 321 g/mol. The second-order valence-electron chi connectivity index (χ2n) is 5.94. The molecule has 0 aromatic carbocycles. The van der Waals surface area contributed by atoms with Gasteiger partial charge in [-0.3, -0.25) is 4.57 Å². The van der Waals surface area contributed by atoms with Gasteiger partial charge >= 0.3 is 0 Å². The van der Waals surface area contributed by atoms with E-state index < -0.39 is 24.5 Å². The molecule has 23 heavy (non-hydrogen) atoms. The van der Waals surface area contributed by atoms with Gasteiger partial charge in [0.1, 0.15) is 24.6 Å². The minimum Gasteiger partial charge on any atom is -0.394 e. The van der Waals surface area contributed by atoms with Gasteiger partial charge in [-0.2, -0.15) is 0 Å². The lowest BCUT2D eigenvalue weighted by Gasteiger charge is -2.18. The summed E-state index contributed by atoms with van der Waals surface area (Å²) in [7, 11) is 0. The fourth-order valence-corrected chi connectivity index (χ4v) is 3.30. The number of hydrogen-bond acceptors (Lipinski definition) is 8. The van der Waals surface area contributed by atoms with Crippen LogP contribution in [-0.2, 0) is 4.74 Å². The molecule has 2 fully saturated rings. The fraction of sp³-hybridized carbons (Fsp3) is 0.643. The smallest absolute Gasteiger partial charge is 0.167 e. The van der Waals surface area contributed by atoms with Crippen molar-refractivity contribution < 1.29 is 20.1 Å². The van der Waals surface area contributed by atoms with Crippen molar-refractivity contribution in [1.82, 2.24) is 19.5 Å². The number of ether oxygens (including phenoxy) is 1. The first-order valence-corrected chi connectivity index (χ1v) is 7.75. The molecule has 2 aliphatic heterocycles. The molecule has 0 saturated carbocycles. The van der Waals surface area contributed by atoms with Crippen LogP contribution >= 0.6 is 0 Å². The molecular weight excluding hydrogens is 302 g/mol. The number of anilines is 1. The highest BCUT2D eigenvalue weighted by Gasteiger charge is 2.44. The third-order valence-corrected chi connectivity index (χ3v) is 4.54. The minimum atomic E-state index is -1.16. The maximum atomic E-state index is 10.2. The van der Waals surface area contributed by atoms with Gasteiger partial charge in [0.05, 0.1) is 12.9 Å². The van der Waals surface area contributed by atoms with Gasteiger partial charge in [0, 0.05) is 13.1 Å². The van der Waals surface area contributed by atoms with Gasteiger partial charge < -0.3 is 25.0 Å². The van der Waals surface area contributed by atoms with E-state index >= 15 is 0 Å². The number of aliphatic hydroxyl groups excluding tert-OH is 3. The summed E-state index contributed by atoms with van der Waals surface area (Å²) in [5, 5.41) is 29.3. The Morgan fingerprint density at radius 2 is 1.91 bits per heavy atom. The molecule has 2 saturated heterocycles. The van der Waals surface area contributed by atoms with Crippen molar-refractivity contribution in [3.8, 4) is 0 Å². The van der Waals surface area contributed by atoms with Crippen LogP contribution in [0.25, 0.3) is 11.2 Å². The van der Waals surface area contributed by atoms with Crippen LogP contribution in [0.15, 0.2) is 12.7 Å². The van der Waals surface area contributed by atoms with Gasteiger partial charge in [-0.25, -0.2) is 15.0 Å². The Kier molecular flexibility index (Phi) is 3.64. The van der Waals surface area contributed by atoms with Gasteiger partial charge in [0.25, 0.3) is 0 Å². The Labute approximate surface area is 132 Å². The first-order valence-electron chi connectivity index (χ1n) is 7.75. The highest BCUT2D eigenvalue weighted by Crippen LogP contribution is 2.33. The number of rotatable bonds is 3. The lowest BCUT2D eigenvalue weighted by molar-refractivity contribution is -0.0511. The average Bonchev–Trinajstić information content (AvgIpc) is 3.28. The molecule has 9 heteroatoms. The van der Waals surface area contributed by atoms with Gasteiger partial charge in [-0.05, 0) is 12.8 Å². The summed E-state index contributed by atoms with van der Waals surface area (Å²) >= 11 is 0. The first-order chi connectivity index (χ1) is 11.2. The summed E-state index contributed by atoms with van der Waals surface area (Å²) in [6.45, 7) is 1.51. The van der Waals surface area contributed by atoms with Crippen molar-refractivity contribution >= 4 is 17.0 Å². The minimum absolute atomic E-state index is 0.366. The number of hydrogen-bond donors (Lipinski definition) is 3. The van der Waals surface area contributed by atoms with Crippen molar-refractivity contribution in [2.75, 3.05) is 24.6 Å². The maximum absolute atomic E-state index is 10.2. The highest BCUT2D eigenvalue weighted by atomic mass is 16.6. The van der Waals surface area contributed by atoms with Crippen LogP contribution in [0, 0.1) is 0 Å². The normalized spacial score (nSPS) is 31.3. The molecule has 2 aliphatic rings. The molecule has 0 bridgehead atoms. The number of imidazole rings is 1. The van der Waals surface area contributed by atoms with Crippen molar-refractivity contribution in [1.29, 1.82) is 0 Å². The molecule has 4 heterocycles. The zero-order valence-corrected chi connectivity index (χ0v) is 12.5. The Morgan fingerprint density at radius 1 is 1.13 bits per heavy atom. The second-order valence-corrected chi connectivity index (χ2v) is 5.94. The Morgan fingerprint density at radius 3 is 2.61 bits per heavy atom. The summed E-state index contributed by atoms with van der Waals surface area (Å²) in [5.74, 6) is 0.776. The number of fused-ring (bicyclic) bond motifs is 1. The van der Waals surface area contributed by atoms with Gasteiger partial charge in [0.2, 0.25) is 0 Å². The molecule has 3 N–H and O–H groups in total. The van der Waals surface area contributed by atoms with Crippen LogP contribution in [0.3, 0.4) is 0 Å². The lowest BCUT2D eigenvalue weighted by atomic mass is 10.1. The highest BCUT2D eigenvalue weighted by molar-refractivity contribution is 5.83. The standard InChI is InChI=1S/C14H19N5O4/c20-5-8-10(21)11(22)14(23-8)19-7-17-9-12(15-6-16-13(9)19)18-3-1-2-4-18/h6-8,10-11,14,20-22H,1-5H2/t8-,10-,11+,14-/m1/s1. The number of aliphatic hydroxyl groups is 3. The SMILES string of the molecule is OC[C@H]1O[C@@H](n2cnc3c(N4CCCC4)ncnc32)[C@@H](O)[C@@H]1O. The van der Waals surface area contributed by atoms with E-state index in [1.165, 1.54) is 12.7 Å². The number of aromatic nitrogens is 4. The van der Waals surface area contributed by atoms with Gasteiger partial charge in [-0.1, -0.05) is 0 Å². The molecule has 0 spiro atoms. The van der Waals surface area contributed by atoms with E-state index in [9.17, 15) is 15.3 Å². The zero-order valence-electron chi connectivity index (χ0n) is 12.5. The van der Waals surface area contributed by atoms with Crippen LogP contribution in [-0.4, -0.2) is 72.8 Å². The molecule has 4 rings (SSSR count). The summed E-state index contributed by atoms with van der Waals surface area (Å²) in [6, 6.07) is 0. The van der Waals surface area contributed by atoms with E-state index in [0.29, 0.717) is 11.2 Å². The predicted molar refractivity (Wildman–Crippen MR) is 79.8 cm³/mol. The van der Waals surface area contributed by atoms with E-state index in [2.05, 4.69) is 19.9 Å². The molecule has 4 atom stereocenters. The molecule has 0 radical (unpaired) electrons. The van der Waals surface area contributed by atoms with Gasteiger partial charge in [0.15, 0.2) is 23.2 Å². The van der Waals surface area contributed by atoms with Crippen LogP contribution < -0.4 is 4.90 Å². The first kappa shape index (κ1) is 14.8. The zero-order chi connectivity index (χ0) is 16.0. The molecule has 0 unspecified atom stereocenters. The molecular formula is C14H19N5O4. The van der Waals surface area contributed by atoms with Crippen molar-refractivity contribution in [2.45, 2.75) is 37.4 Å². The number of nitrogens with zero attached hydrogens (tertiary/aromatic N) is 5. The van der Waals surface area contributed by atoms with Crippen LogP contribution in [0.4, 0.5) is 5.82 Å². The topological polar surface area (TPSA) is 117 Å². The molecule has 0 amide bonds. The van der Waals surface area contributed by atoms with Crippen LogP contribution in [0.1, 0.15) is 19.1 Å². The Bertz CT molecular complexity index is 702. The molecule has 2 aromatic heterocycles. The molecule has 2 aromatic rings. The van der Waals surface area contributed by atoms with E-state index in [-0.39, 0.29) is 6.61 Å². The summed E-state index contributed by atoms with van der Waals surface area (Å²) in [4.78, 5) is 15.1. The largest absolute Gasteiger partial charge is 0.394 e. The molecule has 9 nitrogen and oxygen atoms in total. The second kappa shape index (κ2) is 5.68. The Hall–Kier alpha value is -1.81. The summed E-state index contributed by atoms with van der Waals surface area (Å²) in [6.07, 6.45) is 1.27. The third kappa shape index (κ3) is 2.27. The van der Waals surface area contributed by atoms with Crippen molar-refractivity contribution in [2.24, 2.45) is 0 Å². The summed E-state index contributed by atoms with van der Waals surface area (Å²) in [5.41, 5.74) is 1.18. The monoisotopic (exact) mass is 321 g/mol. The van der Waals surface area contributed by atoms with E-state index in [4.69, 9.17) is 4.74 Å². The van der Waals surface area contributed by atoms with Crippen LogP contribution in [0.5, 0.6) is 0 Å². The van der Waals surface area contributed by atoms with Crippen molar-refractivity contribution in [3.63, 3.8) is 0 Å². The third-order valence-electron chi connectivity index (χ3n) is 4.54. The maximum Gasteiger partial charge on any atom is 0.167 e. The summed E-state index contributed by atoms with van der Waals surface area (Å²) < 4.78 is 7.14. The van der Waals surface area contributed by atoms with E-state index in [1.54, 1.807) is 4.57 Å². The Balaban J connectivity index is 1.73. The van der Waals surface area contributed by atoms with Gasteiger partial charge in [-0.15, -0.1) is 0 Å². The molecule has 124 valence electrons. The predicted octanol–water partition coefficient (Wildman–Crippen LogP) is -0.962. The van der Waals surface area contributed by atoms with E-state index in [0.717, 1.165) is 31.7 Å². The van der Waals surface area contributed by atoms with E-state index in [1.807, 2.05) is 0 Å². The quantitative estimate of drug-likeness (QED) is 0.662. The molecule has 0 aliphatic carbocycles. The fourth-order valence-electron chi connectivity index (χ4n) is 3.30. The van der Waals surface area contributed by atoms with Crippen molar-refractivity contribution in [3.05, 3.63) is 12.7 Å². The van der Waals surface area contributed by atoms with Crippen LogP contribution in [0.2, 0.25) is 0 Å². The lowest BCUT2D eigenvalue weighted by Crippen LogP contribution is -2.33.